The fourth-order valence-electron chi connectivity index (χ4n) is 9.91. The lowest BCUT2D eigenvalue weighted by molar-refractivity contribution is 0.991. The molecule has 0 amide bonds. The first-order valence-corrected chi connectivity index (χ1v) is 21.8. The van der Waals surface area contributed by atoms with Gasteiger partial charge in [-0.15, -0.1) is 11.3 Å². The van der Waals surface area contributed by atoms with Crippen molar-refractivity contribution in [3.63, 3.8) is 0 Å². The van der Waals surface area contributed by atoms with Gasteiger partial charge in [0.05, 0.1) is 55.3 Å². The minimum absolute atomic E-state index is 0.0354. The average molecular weight is 842 g/mol. The van der Waals surface area contributed by atoms with Crippen LogP contribution < -0.4 is 0 Å². The van der Waals surface area contributed by atoms with Crippen molar-refractivity contribution < 1.29 is 11.0 Å². The van der Waals surface area contributed by atoms with Gasteiger partial charge in [-0.1, -0.05) is 158 Å². The van der Waals surface area contributed by atoms with Crippen molar-refractivity contribution in [3.05, 3.63) is 212 Å². The molecule has 5 heterocycles. The number of aromatic nitrogens is 5. The molecule has 0 saturated carbocycles. The predicted octanol–water partition coefficient (Wildman–Crippen LogP) is 15.5. The van der Waals surface area contributed by atoms with E-state index in [-0.39, 0.29) is 33.4 Å². The number of fused-ring (bicyclic) bond motifs is 12. The molecule has 0 fully saturated rings. The predicted molar refractivity (Wildman–Crippen MR) is 269 cm³/mol. The number of benzene rings is 9. The van der Waals surface area contributed by atoms with Crippen molar-refractivity contribution >= 4 is 96.9 Å². The summed E-state index contributed by atoms with van der Waals surface area (Å²) in [5.74, 6) is 0.827. The van der Waals surface area contributed by atoms with Crippen molar-refractivity contribution in [3.8, 4) is 39.8 Å². The zero-order valence-electron chi connectivity index (χ0n) is 41.7. The van der Waals surface area contributed by atoms with Crippen LogP contribution >= 0.6 is 11.3 Å². The highest BCUT2D eigenvalue weighted by Crippen LogP contribution is 2.46. The van der Waals surface area contributed by atoms with Crippen molar-refractivity contribution in [1.82, 2.24) is 23.7 Å². The van der Waals surface area contributed by atoms with E-state index in [4.69, 9.17) is 15.5 Å². The Hall–Kier alpha value is -8.32. The molecule has 5 aromatic heterocycles. The third-order valence-corrected chi connectivity index (χ3v) is 13.8. The van der Waals surface area contributed by atoms with Crippen LogP contribution in [0, 0.1) is 0 Å². The monoisotopic (exact) mass is 841 g/mol. The fourth-order valence-corrected chi connectivity index (χ4v) is 11.1. The Morgan fingerprint density at radius 2 is 0.828 bits per heavy atom. The Morgan fingerprint density at radius 3 is 1.42 bits per heavy atom. The van der Waals surface area contributed by atoms with Crippen molar-refractivity contribution in [1.29, 1.82) is 0 Å². The summed E-state index contributed by atoms with van der Waals surface area (Å²) in [6.45, 7) is 0. The van der Waals surface area contributed by atoms with Crippen LogP contribution in [0.5, 0.6) is 0 Å². The summed E-state index contributed by atoms with van der Waals surface area (Å²) in [5, 5.41) is 6.27. The molecule has 64 heavy (non-hydrogen) atoms. The molecule has 0 bridgehead atoms. The molecule has 6 heteroatoms. The van der Waals surface area contributed by atoms with Gasteiger partial charge in [0, 0.05) is 64.1 Å². The van der Waals surface area contributed by atoms with E-state index in [1.54, 1.807) is 17.4 Å². The summed E-state index contributed by atoms with van der Waals surface area (Å²) in [6.07, 6.45) is 0. The fraction of sp³-hybridized carbons (Fsp3) is 0. The second-order valence-corrected chi connectivity index (χ2v) is 17.0. The molecule has 14 rings (SSSR count). The molecule has 0 aliphatic heterocycles. The first kappa shape index (κ1) is 28.3. The lowest BCUT2D eigenvalue weighted by Crippen LogP contribution is -2.08. The molecule has 0 atom stereocenters. The first-order valence-electron chi connectivity index (χ1n) is 25.0. The molecule has 0 aliphatic carbocycles. The normalized spacial score (nSPS) is 13.8. The number of hydrogen-bond acceptors (Lipinski definition) is 3. The number of nitrogens with zero attached hydrogens (tertiary/aromatic N) is 5. The van der Waals surface area contributed by atoms with E-state index >= 15 is 0 Å². The van der Waals surface area contributed by atoms with Crippen LogP contribution in [0.25, 0.3) is 125 Å². The Labute approximate surface area is 382 Å². The number of hydrogen-bond donors (Lipinski definition) is 0. The minimum Gasteiger partial charge on any atom is -0.308 e. The lowest BCUT2D eigenvalue weighted by atomic mass is 9.95. The van der Waals surface area contributed by atoms with Gasteiger partial charge in [-0.05, 0) is 54.0 Å². The summed E-state index contributed by atoms with van der Waals surface area (Å²) < 4.78 is 81.0. The number of rotatable bonds is 5. The van der Waals surface area contributed by atoms with Gasteiger partial charge in [0.2, 0.25) is 0 Å². The van der Waals surface area contributed by atoms with E-state index in [0.717, 1.165) is 80.6 Å². The largest absolute Gasteiger partial charge is 0.308 e. The van der Waals surface area contributed by atoms with E-state index in [1.807, 2.05) is 60.7 Å². The minimum atomic E-state index is -0.520. The van der Waals surface area contributed by atoms with Gasteiger partial charge in [0.25, 0.3) is 0 Å². The third kappa shape index (κ3) is 5.00. The quantitative estimate of drug-likeness (QED) is 0.173. The summed E-state index contributed by atoms with van der Waals surface area (Å²) in [4.78, 5) is 11.2. The molecule has 0 spiro atoms. The first-order chi connectivity index (χ1) is 35.1. The van der Waals surface area contributed by atoms with E-state index in [2.05, 4.69) is 106 Å². The molecule has 14 aromatic rings. The van der Waals surface area contributed by atoms with Crippen LogP contribution in [0.4, 0.5) is 0 Å². The van der Waals surface area contributed by atoms with Crippen LogP contribution in [0.2, 0.25) is 0 Å². The molecule has 0 saturated heterocycles. The lowest BCUT2D eigenvalue weighted by Gasteiger charge is -2.20. The van der Waals surface area contributed by atoms with Gasteiger partial charge in [-0.25, -0.2) is 9.97 Å². The maximum atomic E-state index is 9.50. The summed E-state index contributed by atoms with van der Waals surface area (Å²) in [6, 6.07) is 51.7. The van der Waals surface area contributed by atoms with Gasteiger partial charge in [0.1, 0.15) is 11.6 Å². The second-order valence-electron chi connectivity index (χ2n) is 15.9. The van der Waals surface area contributed by atoms with E-state index < -0.39 is 48.3 Å². The standard InChI is InChI=1S/C58H35N5S/c1-8-27-46-36(17-1)37-18-2-9-28-47(37)61(46)52-33-16-24-43(45-26-15-25-44-42-23-7-14-34-53(42)64-57(44)45)56(52)58-59-54(62-48-29-10-3-19-38(48)39-20-4-11-30-49(39)62)35-55(60-58)63-50-31-12-5-21-40(50)41-22-6-13-32-51(41)63/h1-35H/i3D,4D,10D,11D,19D,20D,29D,30D. The summed E-state index contributed by atoms with van der Waals surface area (Å²) in [5.41, 5.74) is 6.80. The highest BCUT2D eigenvalue weighted by Gasteiger charge is 2.25. The van der Waals surface area contributed by atoms with E-state index in [0.29, 0.717) is 11.4 Å². The molecule has 0 radical (unpaired) electrons. The Balaban J connectivity index is 1.21. The maximum absolute atomic E-state index is 9.50. The van der Waals surface area contributed by atoms with Gasteiger partial charge in [-0.2, -0.15) is 0 Å². The molecule has 5 nitrogen and oxygen atoms in total. The van der Waals surface area contributed by atoms with Crippen LogP contribution in [0.1, 0.15) is 11.0 Å². The smallest absolute Gasteiger partial charge is 0.166 e. The zero-order valence-corrected chi connectivity index (χ0v) is 34.5. The van der Waals surface area contributed by atoms with E-state index in [9.17, 15) is 5.48 Å². The van der Waals surface area contributed by atoms with Crippen LogP contribution in [0.3, 0.4) is 0 Å². The molecular formula is C58H35N5S. The SMILES string of the molecule is [2H]c1c([2H])c([2H])c2c(c1[2H])c1c([2H])c([2H])c([2H])c([2H])c1n2-c1cc(-n2c3ccccc3c3ccccc32)nc(-c2c(-c3cccc4c3sc3ccccc34)cccc2-n2c3ccccc3c3ccccc32)n1. The van der Waals surface area contributed by atoms with Crippen LogP contribution in [-0.2, 0) is 0 Å². The highest BCUT2D eigenvalue weighted by atomic mass is 32.1. The Morgan fingerprint density at radius 1 is 0.375 bits per heavy atom. The summed E-state index contributed by atoms with van der Waals surface area (Å²) in [7, 11) is 0. The van der Waals surface area contributed by atoms with E-state index in [1.165, 1.54) is 4.57 Å². The number of thiophene rings is 1. The van der Waals surface area contributed by atoms with Crippen molar-refractivity contribution in [2.45, 2.75) is 0 Å². The van der Waals surface area contributed by atoms with Crippen molar-refractivity contribution in [2.24, 2.45) is 0 Å². The molecule has 0 N–H and O–H groups in total. The highest BCUT2D eigenvalue weighted by molar-refractivity contribution is 7.26. The van der Waals surface area contributed by atoms with Gasteiger partial charge in [-0.3, -0.25) is 9.13 Å². The average Bonchev–Trinajstić information content (AvgIpc) is 4.17. The van der Waals surface area contributed by atoms with Crippen LogP contribution in [0.15, 0.2) is 212 Å². The molecular weight excluding hydrogens is 799 g/mol. The van der Waals surface area contributed by atoms with Gasteiger partial charge in [0.15, 0.2) is 5.82 Å². The Bertz CT molecular complexity index is 4520. The molecule has 0 unspecified atom stereocenters. The summed E-state index contributed by atoms with van der Waals surface area (Å²) >= 11 is 1.72. The van der Waals surface area contributed by atoms with Gasteiger partial charge < -0.3 is 4.57 Å². The zero-order chi connectivity index (χ0) is 48.8. The van der Waals surface area contributed by atoms with Crippen LogP contribution in [-0.4, -0.2) is 23.7 Å². The molecule has 9 aromatic carbocycles. The third-order valence-electron chi connectivity index (χ3n) is 12.6. The van der Waals surface area contributed by atoms with Gasteiger partial charge >= 0.3 is 0 Å². The number of para-hydroxylation sites is 6. The Kier molecular flexibility index (Phi) is 6.01. The topological polar surface area (TPSA) is 40.6 Å². The van der Waals surface area contributed by atoms with Crippen molar-refractivity contribution in [2.75, 3.05) is 0 Å². The molecule has 298 valence electrons. The maximum Gasteiger partial charge on any atom is 0.166 e. The molecule has 0 aliphatic rings. The second kappa shape index (κ2) is 13.6.